The first-order chi connectivity index (χ1) is 7.74. The fourth-order valence-corrected chi connectivity index (χ4v) is 2.62. The second-order valence-electron chi connectivity index (χ2n) is 3.52. The Morgan fingerprint density at radius 1 is 1.62 bits per heavy atom. The van der Waals surface area contributed by atoms with E-state index in [0.29, 0.717) is 6.42 Å². The molecule has 0 bridgehead atoms. The predicted molar refractivity (Wildman–Crippen MR) is 66.0 cm³/mol. The summed E-state index contributed by atoms with van der Waals surface area (Å²) in [5, 5.41) is 0. The van der Waals surface area contributed by atoms with Crippen molar-refractivity contribution < 1.29 is 14.3 Å². The Kier molecular flexibility index (Phi) is 3.76. The van der Waals surface area contributed by atoms with E-state index in [9.17, 15) is 4.79 Å². The zero-order chi connectivity index (χ0) is 11.5. The van der Waals surface area contributed by atoms with E-state index < -0.39 is 6.10 Å². The minimum atomic E-state index is -0.458. The van der Waals surface area contributed by atoms with E-state index in [4.69, 9.17) is 4.74 Å². The molecule has 0 amide bonds. The van der Waals surface area contributed by atoms with Crippen molar-refractivity contribution in [2.45, 2.75) is 23.8 Å². The van der Waals surface area contributed by atoms with Gasteiger partial charge in [-0.3, -0.25) is 0 Å². The van der Waals surface area contributed by atoms with Gasteiger partial charge in [0.2, 0.25) is 0 Å². The largest absolute Gasteiger partial charge is 0.478 e. The van der Waals surface area contributed by atoms with E-state index >= 15 is 0 Å². The Hall–Kier alpha value is -0.680. The Labute approximate surface area is 106 Å². The van der Waals surface area contributed by atoms with Crippen LogP contribution in [0.4, 0.5) is 0 Å². The molecule has 1 aliphatic heterocycles. The minimum absolute atomic E-state index is 0.301. The van der Waals surface area contributed by atoms with Crippen LogP contribution in [0.5, 0.6) is 5.75 Å². The Bertz CT molecular complexity index is 408. The number of hydrogen-bond donors (Lipinski definition) is 0. The van der Waals surface area contributed by atoms with Gasteiger partial charge in [-0.15, -0.1) is 0 Å². The topological polar surface area (TPSA) is 35.5 Å². The van der Waals surface area contributed by atoms with Gasteiger partial charge in [0.15, 0.2) is 6.10 Å². The Balaban J connectivity index is 2.18. The first kappa shape index (κ1) is 11.8. The number of benzene rings is 1. The van der Waals surface area contributed by atoms with Crippen LogP contribution in [0.2, 0.25) is 0 Å². The highest BCUT2D eigenvalue weighted by Gasteiger charge is 2.26. The highest BCUT2D eigenvalue weighted by Crippen LogP contribution is 2.33. The van der Waals surface area contributed by atoms with Gasteiger partial charge >= 0.3 is 5.97 Å². The number of carbonyl (C=O) groups excluding carboxylic acids is 1. The molecule has 0 spiro atoms. The standard InChI is InChI=1S/C11H11BrO3S/c1-14-11(13)10-4-2-7-6-8(16-12)3-5-9(7)15-10/h3,5-6,10H,2,4H2,1H3. The first-order valence-electron chi connectivity index (χ1n) is 4.90. The van der Waals surface area contributed by atoms with Crippen molar-refractivity contribution in [2.75, 3.05) is 7.11 Å². The van der Waals surface area contributed by atoms with Crippen LogP contribution in [0, 0.1) is 0 Å². The molecule has 2 rings (SSSR count). The van der Waals surface area contributed by atoms with Gasteiger partial charge in [-0.25, -0.2) is 4.79 Å². The lowest BCUT2D eigenvalue weighted by Crippen LogP contribution is -2.32. The number of carbonyl (C=O) groups is 1. The van der Waals surface area contributed by atoms with Crippen LogP contribution in [0.15, 0.2) is 23.1 Å². The number of methoxy groups -OCH3 is 1. The molecular formula is C11H11BrO3S. The average molecular weight is 303 g/mol. The van der Waals surface area contributed by atoms with Crippen molar-refractivity contribution in [1.29, 1.82) is 0 Å². The lowest BCUT2D eigenvalue weighted by molar-refractivity contribution is -0.149. The molecule has 1 heterocycles. The van der Waals surface area contributed by atoms with Crippen LogP contribution < -0.4 is 4.74 Å². The van der Waals surface area contributed by atoms with Gasteiger partial charge in [-0.05, 0) is 61.6 Å². The molecule has 0 aromatic heterocycles. The molecular weight excluding hydrogens is 292 g/mol. The summed E-state index contributed by atoms with van der Waals surface area (Å²) in [5.74, 6) is 0.483. The molecule has 0 radical (unpaired) electrons. The summed E-state index contributed by atoms with van der Waals surface area (Å²) in [7, 11) is 2.90. The van der Waals surface area contributed by atoms with Crippen LogP contribution in [0.3, 0.4) is 0 Å². The molecule has 0 aliphatic carbocycles. The van der Waals surface area contributed by atoms with E-state index in [0.717, 1.165) is 22.6 Å². The van der Waals surface area contributed by atoms with Crippen LogP contribution in [0.1, 0.15) is 12.0 Å². The van der Waals surface area contributed by atoms with Gasteiger partial charge in [0.05, 0.1) is 7.11 Å². The summed E-state index contributed by atoms with van der Waals surface area (Å²) in [6.07, 6.45) is 1.06. The maximum atomic E-state index is 11.3. The molecule has 16 heavy (non-hydrogen) atoms. The predicted octanol–water partition coefficient (Wildman–Crippen LogP) is 2.96. The molecule has 1 atom stereocenters. The molecule has 0 saturated carbocycles. The molecule has 1 unspecified atom stereocenters. The van der Waals surface area contributed by atoms with Crippen molar-refractivity contribution in [3.05, 3.63) is 23.8 Å². The lowest BCUT2D eigenvalue weighted by Gasteiger charge is -2.24. The second kappa shape index (κ2) is 5.10. The molecule has 0 N–H and O–H groups in total. The zero-order valence-corrected chi connectivity index (χ0v) is 11.1. The maximum Gasteiger partial charge on any atom is 0.347 e. The summed E-state index contributed by atoms with van der Waals surface area (Å²) in [4.78, 5) is 12.5. The van der Waals surface area contributed by atoms with Gasteiger partial charge < -0.3 is 9.47 Å². The number of ether oxygens (including phenoxy) is 2. The van der Waals surface area contributed by atoms with Gasteiger partial charge in [0.1, 0.15) is 5.75 Å². The SMILES string of the molecule is COC(=O)C1CCc2cc(SBr)ccc2O1. The van der Waals surface area contributed by atoms with Gasteiger partial charge in [-0.2, -0.15) is 0 Å². The van der Waals surface area contributed by atoms with Crippen molar-refractivity contribution in [3.63, 3.8) is 0 Å². The van der Waals surface area contributed by atoms with Crippen LogP contribution >= 0.6 is 25.0 Å². The maximum absolute atomic E-state index is 11.3. The molecule has 86 valence electrons. The second-order valence-corrected chi connectivity index (χ2v) is 5.11. The van der Waals surface area contributed by atoms with Gasteiger partial charge in [0, 0.05) is 4.90 Å². The van der Waals surface area contributed by atoms with E-state index in [1.165, 1.54) is 17.3 Å². The number of aryl methyl sites for hydroxylation is 1. The Morgan fingerprint density at radius 2 is 2.44 bits per heavy atom. The quantitative estimate of drug-likeness (QED) is 0.787. The van der Waals surface area contributed by atoms with Crippen molar-refractivity contribution in [3.8, 4) is 5.75 Å². The minimum Gasteiger partial charge on any atom is -0.478 e. The molecule has 0 saturated heterocycles. The molecule has 1 aromatic carbocycles. The van der Waals surface area contributed by atoms with E-state index in [1.807, 2.05) is 12.1 Å². The third-order valence-corrected chi connectivity index (χ3v) is 4.08. The van der Waals surface area contributed by atoms with Crippen molar-refractivity contribution in [2.24, 2.45) is 0 Å². The fourth-order valence-electron chi connectivity index (χ4n) is 1.71. The summed E-state index contributed by atoms with van der Waals surface area (Å²) in [5.41, 5.74) is 1.14. The Morgan fingerprint density at radius 3 is 3.12 bits per heavy atom. The highest BCUT2D eigenvalue weighted by atomic mass is 79.9. The number of rotatable bonds is 2. The normalized spacial score (nSPS) is 18.5. The summed E-state index contributed by atoms with van der Waals surface area (Å²) in [6, 6.07) is 5.92. The summed E-state index contributed by atoms with van der Waals surface area (Å²) in [6.45, 7) is 0. The van der Waals surface area contributed by atoms with Crippen LogP contribution in [-0.4, -0.2) is 19.2 Å². The first-order valence-corrected chi connectivity index (χ1v) is 7.56. The van der Waals surface area contributed by atoms with Crippen LogP contribution in [0.25, 0.3) is 0 Å². The van der Waals surface area contributed by atoms with E-state index in [2.05, 4.69) is 25.6 Å². The third-order valence-electron chi connectivity index (χ3n) is 2.53. The smallest absolute Gasteiger partial charge is 0.347 e. The fraction of sp³-hybridized carbons (Fsp3) is 0.364. The number of halogens is 1. The molecule has 1 aliphatic rings. The lowest BCUT2D eigenvalue weighted by atomic mass is 10.0. The molecule has 5 heteroatoms. The summed E-state index contributed by atoms with van der Waals surface area (Å²) >= 11 is 3.33. The molecule has 0 fully saturated rings. The monoisotopic (exact) mass is 302 g/mol. The summed E-state index contributed by atoms with van der Waals surface area (Å²) < 4.78 is 10.3. The molecule has 3 nitrogen and oxygen atoms in total. The molecule has 1 aromatic rings. The average Bonchev–Trinajstić information content (AvgIpc) is 2.36. The van der Waals surface area contributed by atoms with Crippen LogP contribution in [-0.2, 0) is 16.0 Å². The number of hydrogen-bond acceptors (Lipinski definition) is 4. The van der Waals surface area contributed by atoms with Gasteiger partial charge in [-0.1, -0.05) is 0 Å². The van der Waals surface area contributed by atoms with Gasteiger partial charge in [0.25, 0.3) is 0 Å². The highest BCUT2D eigenvalue weighted by molar-refractivity contribution is 9.50. The number of esters is 1. The number of fused-ring (bicyclic) bond motifs is 1. The van der Waals surface area contributed by atoms with E-state index in [-0.39, 0.29) is 5.97 Å². The third kappa shape index (κ3) is 2.35. The van der Waals surface area contributed by atoms with Crippen molar-refractivity contribution in [1.82, 2.24) is 0 Å². The van der Waals surface area contributed by atoms with E-state index in [1.54, 1.807) is 0 Å². The zero-order valence-electron chi connectivity index (χ0n) is 8.73. The van der Waals surface area contributed by atoms with Crippen molar-refractivity contribution >= 4 is 31.0 Å².